The summed E-state index contributed by atoms with van der Waals surface area (Å²) in [6.07, 6.45) is 9.05. The number of urea groups is 1. The Morgan fingerprint density at radius 3 is 2.50 bits per heavy atom. The average molecular weight is 307 g/mol. The third-order valence-electron chi connectivity index (χ3n) is 5.79. The Bertz CT molecular complexity index is 445. The van der Waals surface area contributed by atoms with Crippen molar-refractivity contribution < 1.29 is 9.59 Å². The monoisotopic (exact) mass is 307 g/mol. The van der Waals surface area contributed by atoms with E-state index in [1.807, 2.05) is 4.90 Å². The molecule has 2 saturated heterocycles. The summed E-state index contributed by atoms with van der Waals surface area (Å²) >= 11 is 0. The van der Waals surface area contributed by atoms with E-state index in [2.05, 4.69) is 4.90 Å². The molecule has 3 amide bonds. The highest BCUT2D eigenvalue weighted by Crippen LogP contribution is 2.42. The summed E-state index contributed by atoms with van der Waals surface area (Å²) in [6.45, 7) is 2.26. The van der Waals surface area contributed by atoms with Gasteiger partial charge in [-0.15, -0.1) is 0 Å². The maximum Gasteiger partial charge on any atom is 0.319 e. The van der Waals surface area contributed by atoms with Gasteiger partial charge < -0.3 is 14.7 Å². The van der Waals surface area contributed by atoms with Crippen molar-refractivity contribution >= 4 is 11.9 Å². The highest BCUT2D eigenvalue weighted by Gasteiger charge is 2.50. The number of hydrogen-bond donors (Lipinski definition) is 0. The maximum atomic E-state index is 13.2. The highest BCUT2D eigenvalue weighted by atomic mass is 16.2. The Hall–Kier alpha value is -1.26. The van der Waals surface area contributed by atoms with Crippen molar-refractivity contribution in [3.63, 3.8) is 0 Å². The molecular weight excluding hydrogens is 278 g/mol. The van der Waals surface area contributed by atoms with Crippen LogP contribution in [0.2, 0.25) is 0 Å². The molecule has 124 valence electrons. The number of carbonyl (C=O) groups excluding carboxylic acids is 2. The first-order chi connectivity index (χ1) is 10.5. The molecule has 5 nitrogen and oxygen atoms in total. The molecule has 0 aromatic heterocycles. The lowest BCUT2D eigenvalue weighted by molar-refractivity contribution is -0.149. The van der Waals surface area contributed by atoms with Gasteiger partial charge in [0, 0.05) is 39.8 Å². The van der Waals surface area contributed by atoms with Gasteiger partial charge in [-0.05, 0) is 32.1 Å². The first-order valence-corrected chi connectivity index (χ1v) is 8.81. The zero-order valence-electron chi connectivity index (χ0n) is 14.0. The Labute approximate surface area is 133 Å². The minimum absolute atomic E-state index is 0.0412. The molecule has 1 atom stereocenters. The number of carbonyl (C=O) groups is 2. The van der Waals surface area contributed by atoms with Crippen LogP contribution in [0.5, 0.6) is 0 Å². The molecule has 0 N–H and O–H groups in total. The molecule has 3 rings (SSSR count). The molecule has 1 unspecified atom stereocenters. The number of likely N-dealkylation sites (tertiary alicyclic amines) is 2. The first kappa shape index (κ1) is 15.6. The minimum Gasteiger partial charge on any atom is -0.339 e. The van der Waals surface area contributed by atoms with Crippen LogP contribution < -0.4 is 0 Å². The molecule has 0 bridgehead atoms. The predicted molar refractivity (Wildman–Crippen MR) is 85.5 cm³/mol. The Kier molecular flexibility index (Phi) is 4.33. The normalized spacial score (nSPS) is 30.2. The Morgan fingerprint density at radius 1 is 1.09 bits per heavy atom. The molecule has 2 heterocycles. The lowest BCUT2D eigenvalue weighted by atomic mass is 9.77. The van der Waals surface area contributed by atoms with Crippen molar-refractivity contribution in [1.29, 1.82) is 0 Å². The molecule has 3 fully saturated rings. The van der Waals surface area contributed by atoms with Gasteiger partial charge in [-0.25, -0.2) is 4.79 Å². The van der Waals surface area contributed by atoms with E-state index in [9.17, 15) is 9.59 Å². The summed E-state index contributed by atoms with van der Waals surface area (Å²) in [6, 6.07) is 0.497. The largest absolute Gasteiger partial charge is 0.339 e. The summed E-state index contributed by atoms with van der Waals surface area (Å²) in [5, 5.41) is 0. The van der Waals surface area contributed by atoms with Crippen molar-refractivity contribution in [3.8, 4) is 0 Å². The third kappa shape index (κ3) is 2.70. The third-order valence-corrected chi connectivity index (χ3v) is 5.79. The van der Waals surface area contributed by atoms with Crippen molar-refractivity contribution in [2.75, 3.05) is 33.7 Å². The molecule has 0 aromatic rings. The molecule has 0 radical (unpaired) electrons. The van der Waals surface area contributed by atoms with Crippen molar-refractivity contribution in [1.82, 2.24) is 14.7 Å². The summed E-state index contributed by atoms with van der Waals surface area (Å²) < 4.78 is 0. The van der Waals surface area contributed by atoms with Crippen LogP contribution in [0.15, 0.2) is 0 Å². The number of nitrogens with zero attached hydrogens (tertiary/aromatic N) is 3. The van der Waals surface area contributed by atoms with Gasteiger partial charge in [-0.1, -0.05) is 19.3 Å². The second kappa shape index (κ2) is 6.09. The fourth-order valence-electron chi connectivity index (χ4n) is 4.54. The van der Waals surface area contributed by atoms with Crippen LogP contribution in [0.4, 0.5) is 4.79 Å². The second-order valence-electron chi connectivity index (χ2n) is 7.52. The van der Waals surface area contributed by atoms with Gasteiger partial charge in [-0.2, -0.15) is 0 Å². The zero-order valence-corrected chi connectivity index (χ0v) is 14.0. The quantitative estimate of drug-likeness (QED) is 0.746. The lowest BCUT2D eigenvalue weighted by Crippen LogP contribution is -2.54. The summed E-state index contributed by atoms with van der Waals surface area (Å²) in [7, 11) is 3.56. The van der Waals surface area contributed by atoms with E-state index >= 15 is 0 Å². The second-order valence-corrected chi connectivity index (χ2v) is 7.52. The molecule has 3 aliphatic rings. The van der Waals surface area contributed by atoms with Crippen LogP contribution in [-0.2, 0) is 4.79 Å². The Morgan fingerprint density at radius 2 is 1.82 bits per heavy atom. The molecular formula is C17H29N3O2. The fraction of sp³-hybridized carbons (Fsp3) is 0.882. The number of rotatable bonds is 1. The highest BCUT2D eigenvalue weighted by molar-refractivity contribution is 5.86. The van der Waals surface area contributed by atoms with E-state index in [4.69, 9.17) is 0 Å². The van der Waals surface area contributed by atoms with Crippen LogP contribution >= 0.6 is 0 Å². The maximum absolute atomic E-state index is 13.2. The van der Waals surface area contributed by atoms with Crippen LogP contribution in [0, 0.1) is 5.41 Å². The molecule has 1 spiro atoms. The topological polar surface area (TPSA) is 43.9 Å². The van der Waals surface area contributed by atoms with E-state index in [0.717, 1.165) is 32.4 Å². The molecule has 1 aliphatic carbocycles. The summed E-state index contributed by atoms with van der Waals surface area (Å²) in [4.78, 5) is 31.0. The summed E-state index contributed by atoms with van der Waals surface area (Å²) in [5.74, 6) is 0.333. The van der Waals surface area contributed by atoms with E-state index < -0.39 is 0 Å². The average Bonchev–Trinajstić information content (AvgIpc) is 2.95. The lowest BCUT2D eigenvalue weighted by Gasteiger charge is -2.44. The fourth-order valence-corrected chi connectivity index (χ4v) is 4.54. The van der Waals surface area contributed by atoms with E-state index in [1.165, 1.54) is 32.1 Å². The van der Waals surface area contributed by atoms with Gasteiger partial charge in [0.05, 0.1) is 5.41 Å². The first-order valence-electron chi connectivity index (χ1n) is 8.81. The summed E-state index contributed by atoms with van der Waals surface area (Å²) in [5.41, 5.74) is -0.290. The van der Waals surface area contributed by atoms with Crippen LogP contribution in [-0.4, -0.2) is 66.4 Å². The van der Waals surface area contributed by atoms with E-state index in [0.29, 0.717) is 18.5 Å². The zero-order chi connectivity index (χ0) is 15.7. The predicted octanol–water partition coefficient (Wildman–Crippen LogP) is 2.32. The molecule has 2 aliphatic heterocycles. The SMILES string of the molecule is CN(C)C(=O)N1CCC2(CCCN(C3CCCCC3)C2=O)C1. The van der Waals surface area contributed by atoms with Crippen molar-refractivity contribution in [2.24, 2.45) is 5.41 Å². The van der Waals surface area contributed by atoms with Crippen molar-refractivity contribution in [3.05, 3.63) is 0 Å². The Balaban J connectivity index is 1.71. The van der Waals surface area contributed by atoms with Gasteiger partial charge in [0.15, 0.2) is 0 Å². The van der Waals surface area contributed by atoms with Gasteiger partial charge >= 0.3 is 6.03 Å². The number of hydrogen-bond acceptors (Lipinski definition) is 2. The number of piperidine rings is 1. The van der Waals surface area contributed by atoms with Crippen molar-refractivity contribution in [2.45, 2.75) is 57.4 Å². The number of amides is 3. The minimum atomic E-state index is -0.290. The van der Waals surface area contributed by atoms with Gasteiger partial charge in [0.25, 0.3) is 0 Å². The molecule has 22 heavy (non-hydrogen) atoms. The smallest absolute Gasteiger partial charge is 0.319 e. The standard InChI is InChI=1S/C17H29N3O2/c1-18(2)16(22)19-12-10-17(13-19)9-6-11-20(15(17)21)14-7-4-3-5-8-14/h14H,3-13H2,1-2H3. The molecule has 5 heteroatoms. The van der Waals surface area contributed by atoms with Gasteiger partial charge in [-0.3, -0.25) is 4.79 Å². The molecule has 0 aromatic carbocycles. The van der Waals surface area contributed by atoms with Gasteiger partial charge in [0.1, 0.15) is 0 Å². The molecule has 1 saturated carbocycles. The van der Waals surface area contributed by atoms with Gasteiger partial charge in [0.2, 0.25) is 5.91 Å². The van der Waals surface area contributed by atoms with E-state index in [1.54, 1.807) is 19.0 Å². The van der Waals surface area contributed by atoms with Crippen LogP contribution in [0.3, 0.4) is 0 Å². The van der Waals surface area contributed by atoms with E-state index in [-0.39, 0.29) is 11.4 Å². The van der Waals surface area contributed by atoms with Crippen LogP contribution in [0.1, 0.15) is 51.4 Å². The van der Waals surface area contributed by atoms with Crippen LogP contribution in [0.25, 0.3) is 0 Å².